The lowest BCUT2D eigenvalue weighted by molar-refractivity contribution is -0.0429. The minimum absolute atomic E-state index is 0.0744. The molecule has 2 N–H and O–H groups in total. The summed E-state index contributed by atoms with van der Waals surface area (Å²) in [6.45, 7) is 1.60. The van der Waals surface area contributed by atoms with Gasteiger partial charge in [-0.05, 0) is 25.9 Å². The van der Waals surface area contributed by atoms with Crippen molar-refractivity contribution >= 4 is 15.7 Å². The summed E-state index contributed by atoms with van der Waals surface area (Å²) in [5.41, 5.74) is -5.51. The highest BCUT2D eigenvalue weighted by Crippen LogP contribution is 2.26. The van der Waals surface area contributed by atoms with Crippen LogP contribution in [0.2, 0.25) is 0 Å². The molecule has 1 aliphatic heterocycles. The van der Waals surface area contributed by atoms with E-state index in [0.717, 1.165) is 32.1 Å². The zero-order valence-electron chi connectivity index (χ0n) is 9.81. The van der Waals surface area contributed by atoms with E-state index in [1.165, 1.54) is 15.6 Å². The van der Waals surface area contributed by atoms with Crippen LogP contribution in [0.3, 0.4) is 0 Å². The van der Waals surface area contributed by atoms with Crippen LogP contribution in [0.15, 0.2) is 12.4 Å². The Labute approximate surface area is 108 Å². The van der Waals surface area contributed by atoms with Crippen molar-refractivity contribution in [1.29, 1.82) is 0 Å². The molecule has 19 heavy (non-hydrogen) atoms. The summed E-state index contributed by atoms with van der Waals surface area (Å²) >= 11 is 0. The molecule has 1 aromatic heterocycles. The third-order valence-corrected chi connectivity index (χ3v) is 3.96. The van der Waals surface area contributed by atoms with Crippen molar-refractivity contribution in [3.8, 4) is 0 Å². The SMILES string of the molecule is O=S(=O)(Nc1cnn(C2CCNCC2)c1)C(F)(F)F. The van der Waals surface area contributed by atoms with Crippen molar-refractivity contribution in [3.63, 3.8) is 0 Å². The number of aromatic nitrogens is 2. The van der Waals surface area contributed by atoms with Crippen molar-refractivity contribution < 1.29 is 21.6 Å². The van der Waals surface area contributed by atoms with Crippen molar-refractivity contribution in [1.82, 2.24) is 15.1 Å². The topological polar surface area (TPSA) is 76.0 Å². The first-order valence-electron chi connectivity index (χ1n) is 5.63. The number of halogens is 3. The van der Waals surface area contributed by atoms with Crippen molar-refractivity contribution in [2.75, 3.05) is 17.8 Å². The average molecular weight is 298 g/mol. The van der Waals surface area contributed by atoms with E-state index in [2.05, 4.69) is 10.4 Å². The number of nitrogens with one attached hydrogen (secondary N) is 2. The Morgan fingerprint density at radius 2 is 2.00 bits per heavy atom. The number of piperidine rings is 1. The molecule has 0 unspecified atom stereocenters. The zero-order valence-corrected chi connectivity index (χ0v) is 10.6. The Morgan fingerprint density at radius 3 is 2.58 bits per heavy atom. The van der Waals surface area contributed by atoms with Crippen molar-refractivity contribution in [3.05, 3.63) is 12.4 Å². The number of sulfonamides is 1. The molecule has 2 heterocycles. The predicted molar refractivity (Wildman–Crippen MR) is 62.0 cm³/mol. The fourth-order valence-corrected chi connectivity index (χ4v) is 2.41. The first kappa shape index (κ1) is 14.1. The van der Waals surface area contributed by atoms with Crippen LogP contribution in [0.5, 0.6) is 0 Å². The number of anilines is 1. The van der Waals surface area contributed by atoms with Gasteiger partial charge in [0.25, 0.3) is 0 Å². The van der Waals surface area contributed by atoms with Gasteiger partial charge in [-0.15, -0.1) is 0 Å². The Morgan fingerprint density at radius 1 is 1.37 bits per heavy atom. The van der Waals surface area contributed by atoms with Crippen LogP contribution < -0.4 is 10.0 Å². The van der Waals surface area contributed by atoms with Gasteiger partial charge in [-0.3, -0.25) is 9.40 Å². The fraction of sp³-hybridized carbons (Fsp3) is 0.667. The van der Waals surface area contributed by atoms with E-state index in [1.54, 1.807) is 0 Å². The Kier molecular flexibility index (Phi) is 3.72. The van der Waals surface area contributed by atoms with E-state index in [4.69, 9.17) is 0 Å². The van der Waals surface area contributed by atoms with Gasteiger partial charge in [0.05, 0.1) is 17.9 Å². The summed E-state index contributed by atoms with van der Waals surface area (Å²) < 4.78 is 61.4. The first-order chi connectivity index (χ1) is 8.79. The lowest BCUT2D eigenvalue weighted by Crippen LogP contribution is -2.30. The quantitative estimate of drug-likeness (QED) is 0.875. The summed E-state index contributed by atoms with van der Waals surface area (Å²) in [5, 5.41) is 7.05. The highest BCUT2D eigenvalue weighted by Gasteiger charge is 2.46. The highest BCUT2D eigenvalue weighted by atomic mass is 32.2. The van der Waals surface area contributed by atoms with Crippen LogP contribution in [0.25, 0.3) is 0 Å². The average Bonchev–Trinajstić information content (AvgIpc) is 2.76. The fourth-order valence-electron chi connectivity index (χ4n) is 1.87. The maximum Gasteiger partial charge on any atom is 0.516 e. The molecule has 0 spiro atoms. The maximum absolute atomic E-state index is 12.2. The Bertz CT molecular complexity index is 534. The van der Waals surface area contributed by atoms with Crippen LogP contribution in [-0.2, 0) is 10.0 Å². The molecule has 0 atom stereocenters. The first-order valence-corrected chi connectivity index (χ1v) is 7.12. The summed E-state index contributed by atoms with van der Waals surface area (Å²) in [7, 11) is -5.38. The number of nitrogens with zero attached hydrogens (tertiary/aromatic N) is 2. The van der Waals surface area contributed by atoms with Crippen molar-refractivity contribution in [2.24, 2.45) is 0 Å². The largest absolute Gasteiger partial charge is 0.516 e. The predicted octanol–water partition coefficient (Wildman–Crippen LogP) is 1.07. The molecular weight excluding hydrogens is 285 g/mol. The van der Waals surface area contributed by atoms with Gasteiger partial charge in [-0.2, -0.15) is 26.7 Å². The van der Waals surface area contributed by atoms with Gasteiger partial charge in [0.15, 0.2) is 0 Å². The van der Waals surface area contributed by atoms with E-state index in [9.17, 15) is 21.6 Å². The molecule has 0 aromatic carbocycles. The van der Waals surface area contributed by atoms with E-state index >= 15 is 0 Å². The molecule has 6 nitrogen and oxygen atoms in total. The van der Waals surface area contributed by atoms with E-state index < -0.39 is 15.5 Å². The third kappa shape index (κ3) is 3.18. The molecule has 0 bridgehead atoms. The third-order valence-electron chi connectivity index (χ3n) is 2.84. The summed E-state index contributed by atoms with van der Waals surface area (Å²) in [6.07, 6.45) is 3.95. The summed E-state index contributed by atoms with van der Waals surface area (Å²) in [6, 6.07) is 0.0744. The van der Waals surface area contributed by atoms with Gasteiger partial charge in [0.1, 0.15) is 0 Å². The van der Waals surface area contributed by atoms with Gasteiger partial charge >= 0.3 is 15.5 Å². The molecule has 1 aliphatic rings. The highest BCUT2D eigenvalue weighted by molar-refractivity contribution is 7.93. The Hall–Kier alpha value is -1.29. The van der Waals surface area contributed by atoms with Crippen LogP contribution >= 0.6 is 0 Å². The monoisotopic (exact) mass is 298 g/mol. The molecule has 1 aromatic rings. The zero-order chi connectivity index (χ0) is 14.1. The lowest BCUT2D eigenvalue weighted by atomic mass is 10.1. The smallest absolute Gasteiger partial charge is 0.317 e. The second kappa shape index (κ2) is 5.00. The minimum Gasteiger partial charge on any atom is -0.317 e. The number of rotatable bonds is 3. The van der Waals surface area contributed by atoms with Gasteiger partial charge in [-0.25, -0.2) is 0 Å². The van der Waals surface area contributed by atoms with Gasteiger partial charge in [-0.1, -0.05) is 0 Å². The van der Waals surface area contributed by atoms with Gasteiger partial charge in [0.2, 0.25) is 0 Å². The molecule has 10 heteroatoms. The molecule has 1 saturated heterocycles. The standard InChI is InChI=1S/C9H13F3N4O2S/c10-9(11,12)19(17,18)15-7-5-14-16(6-7)8-1-3-13-4-2-8/h5-6,8,13,15H,1-4H2. The lowest BCUT2D eigenvalue weighted by Gasteiger charge is -2.22. The number of hydrogen-bond acceptors (Lipinski definition) is 4. The van der Waals surface area contributed by atoms with Gasteiger partial charge in [0, 0.05) is 6.20 Å². The molecule has 2 rings (SSSR count). The number of hydrogen-bond donors (Lipinski definition) is 2. The normalized spacial score (nSPS) is 18.5. The molecule has 1 fully saturated rings. The van der Waals surface area contributed by atoms with Crippen LogP contribution in [-0.4, -0.2) is 36.8 Å². The van der Waals surface area contributed by atoms with Crippen LogP contribution in [0, 0.1) is 0 Å². The van der Waals surface area contributed by atoms with Crippen LogP contribution in [0.1, 0.15) is 18.9 Å². The van der Waals surface area contributed by atoms with E-state index in [1.807, 2.05) is 0 Å². The minimum atomic E-state index is -5.38. The molecule has 0 aliphatic carbocycles. The van der Waals surface area contributed by atoms with Gasteiger partial charge < -0.3 is 5.32 Å². The van der Waals surface area contributed by atoms with E-state index in [0.29, 0.717) is 0 Å². The Balaban J connectivity index is 2.09. The summed E-state index contributed by atoms with van der Waals surface area (Å²) in [4.78, 5) is 0. The molecule has 0 amide bonds. The second-order valence-corrected chi connectivity index (χ2v) is 5.92. The molecule has 108 valence electrons. The van der Waals surface area contributed by atoms with E-state index in [-0.39, 0.29) is 11.7 Å². The van der Waals surface area contributed by atoms with Crippen LogP contribution in [0.4, 0.5) is 18.9 Å². The molecule has 0 saturated carbocycles. The molecule has 0 radical (unpaired) electrons. The molecular formula is C9H13F3N4O2S. The number of alkyl halides is 3. The summed E-state index contributed by atoms with van der Waals surface area (Å²) in [5.74, 6) is 0. The maximum atomic E-state index is 12.2. The second-order valence-electron chi connectivity index (χ2n) is 4.24. The van der Waals surface area contributed by atoms with Crippen molar-refractivity contribution in [2.45, 2.75) is 24.4 Å².